The largest absolute Gasteiger partial charge is 0.484 e. The Labute approximate surface area is 181 Å². The van der Waals surface area contributed by atoms with E-state index in [1.165, 1.54) is 17.0 Å². The van der Waals surface area contributed by atoms with E-state index in [1.54, 1.807) is 0 Å². The van der Waals surface area contributed by atoms with Crippen LogP contribution in [-0.2, 0) is 21.0 Å². The van der Waals surface area contributed by atoms with Crippen LogP contribution in [0, 0.1) is 5.82 Å². The number of hydrogen-bond donors (Lipinski definition) is 0. The average Bonchev–Trinajstić information content (AvgIpc) is 2.74. The Morgan fingerprint density at radius 1 is 1.06 bits per heavy atom. The van der Waals surface area contributed by atoms with Gasteiger partial charge >= 0.3 is 6.18 Å². The van der Waals surface area contributed by atoms with Crippen molar-refractivity contribution in [3.05, 3.63) is 58.9 Å². The summed E-state index contributed by atoms with van der Waals surface area (Å²) < 4.78 is 83.5. The van der Waals surface area contributed by atoms with E-state index < -0.39 is 38.4 Å². The third kappa shape index (κ3) is 5.46. The van der Waals surface area contributed by atoms with E-state index in [1.807, 2.05) is 0 Å². The summed E-state index contributed by atoms with van der Waals surface area (Å²) >= 11 is 5.65. The molecular weight excluding hydrogens is 464 g/mol. The van der Waals surface area contributed by atoms with E-state index >= 15 is 0 Å². The quantitative estimate of drug-likeness (QED) is 0.615. The molecule has 0 unspecified atom stereocenters. The molecule has 168 valence electrons. The van der Waals surface area contributed by atoms with Crippen LogP contribution >= 0.6 is 11.6 Å². The molecule has 6 nitrogen and oxygen atoms in total. The molecule has 1 amide bonds. The molecule has 0 aliphatic carbocycles. The van der Waals surface area contributed by atoms with Crippen molar-refractivity contribution in [1.29, 1.82) is 0 Å². The topological polar surface area (TPSA) is 66.9 Å². The standard InChI is InChI=1S/C19H17ClF4N2O4S/c20-16-11-14(4-5-17(16)21)30-12-18(27)25-6-8-26(9-7-25)31(28,29)15-3-1-2-13(10-15)19(22,23)24/h1-5,10-11H,6-9,12H2. The van der Waals surface area contributed by atoms with Crippen molar-refractivity contribution >= 4 is 27.5 Å². The number of amides is 1. The molecule has 1 aliphatic heterocycles. The average molecular weight is 481 g/mol. The minimum Gasteiger partial charge on any atom is -0.484 e. The van der Waals surface area contributed by atoms with Crippen molar-refractivity contribution in [1.82, 2.24) is 9.21 Å². The molecule has 12 heteroatoms. The van der Waals surface area contributed by atoms with E-state index in [4.69, 9.17) is 16.3 Å². The summed E-state index contributed by atoms with van der Waals surface area (Å²) in [6, 6.07) is 7.16. The fourth-order valence-corrected chi connectivity index (χ4v) is 4.60. The SMILES string of the molecule is O=C(COc1ccc(F)c(Cl)c1)N1CCN(S(=O)(=O)c2cccc(C(F)(F)F)c2)CC1. The van der Waals surface area contributed by atoms with Crippen molar-refractivity contribution in [2.75, 3.05) is 32.8 Å². The molecular formula is C19H17ClF4N2O4S. The highest BCUT2D eigenvalue weighted by Gasteiger charge is 2.34. The lowest BCUT2D eigenvalue weighted by molar-refractivity contribution is -0.138. The molecule has 1 fully saturated rings. The lowest BCUT2D eigenvalue weighted by Gasteiger charge is -2.34. The van der Waals surface area contributed by atoms with Crippen LogP contribution in [0.2, 0.25) is 5.02 Å². The Hall–Kier alpha value is -2.37. The van der Waals surface area contributed by atoms with E-state index in [-0.39, 0.29) is 43.6 Å². The Balaban J connectivity index is 1.59. The molecule has 3 rings (SSSR count). The Morgan fingerprint density at radius 2 is 1.74 bits per heavy atom. The third-order valence-corrected chi connectivity index (χ3v) is 6.83. The molecule has 0 atom stereocenters. The smallest absolute Gasteiger partial charge is 0.416 e. The second-order valence-electron chi connectivity index (χ2n) is 6.68. The summed E-state index contributed by atoms with van der Waals surface area (Å²) in [4.78, 5) is 13.2. The van der Waals surface area contributed by atoms with Crippen LogP contribution in [0.25, 0.3) is 0 Å². The van der Waals surface area contributed by atoms with Crippen LogP contribution in [-0.4, -0.2) is 56.3 Å². The minimum absolute atomic E-state index is 0.0462. The highest BCUT2D eigenvalue weighted by atomic mass is 35.5. The molecule has 0 bridgehead atoms. The van der Waals surface area contributed by atoms with Gasteiger partial charge in [0.25, 0.3) is 5.91 Å². The normalized spacial score (nSPS) is 15.7. The van der Waals surface area contributed by atoms with Gasteiger partial charge in [-0.1, -0.05) is 17.7 Å². The second-order valence-corrected chi connectivity index (χ2v) is 9.02. The number of ether oxygens (including phenoxy) is 1. The Bertz CT molecular complexity index is 1070. The van der Waals surface area contributed by atoms with Gasteiger partial charge in [0.1, 0.15) is 11.6 Å². The first kappa shape index (κ1) is 23.3. The van der Waals surface area contributed by atoms with Gasteiger partial charge in [0.2, 0.25) is 10.0 Å². The molecule has 0 N–H and O–H groups in total. The summed E-state index contributed by atoms with van der Waals surface area (Å²) in [5, 5.41) is -0.154. The van der Waals surface area contributed by atoms with Gasteiger partial charge in [-0.2, -0.15) is 17.5 Å². The molecule has 0 aromatic heterocycles. The van der Waals surface area contributed by atoms with Crippen LogP contribution in [0.4, 0.5) is 17.6 Å². The molecule has 1 saturated heterocycles. The van der Waals surface area contributed by atoms with Crippen molar-refractivity contribution < 1.29 is 35.5 Å². The number of rotatable bonds is 5. The maximum absolute atomic E-state index is 13.2. The summed E-state index contributed by atoms with van der Waals surface area (Å²) in [5.41, 5.74) is -1.06. The summed E-state index contributed by atoms with van der Waals surface area (Å²) in [5.74, 6) is -0.847. The van der Waals surface area contributed by atoms with Crippen molar-refractivity contribution in [2.24, 2.45) is 0 Å². The van der Waals surface area contributed by atoms with Gasteiger partial charge in [-0.05, 0) is 30.3 Å². The fourth-order valence-electron chi connectivity index (χ4n) is 2.96. The zero-order valence-electron chi connectivity index (χ0n) is 15.9. The Kier molecular flexibility index (Phi) is 6.77. The minimum atomic E-state index is -4.66. The van der Waals surface area contributed by atoms with Gasteiger partial charge in [-0.15, -0.1) is 0 Å². The van der Waals surface area contributed by atoms with Gasteiger partial charge in [-0.3, -0.25) is 4.79 Å². The monoisotopic (exact) mass is 480 g/mol. The number of carbonyl (C=O) groups is 1. The van der Waals surface area contributed by atoms with Crippen LogP contribution in [0.15, 0.2) is 47.4 Å². The molecule has 0 spiro atoms. The summed E-state index contributed by atoms with van der Waals surface area (Å²) in [6.07, 6.45) is -4.66. The van der Waals surface area contributed by atoms with E-state index in [0.717, 1.165) is 28.6 Å². The van der Waals surface area contributed by atoms with Gasteiger partial charge < -0.3 is 9.64 Å². The maximum atomic E-state index is 13.2. The van der Waals surface area contributed by atoms with Crippen molar-refractivity contribution in [3.8, 4) is 5.75 Å². The van der Waals surface area contributed by atoms with Crippen LogP contribution in [0.5, 0.6) is 5.75 Å². The predicted molar refractivity (Wildman–Crippen MR) is 104 cm³/mol. The second kappa shape index (κ2) is 9.01. The van der Waals surface area contributed by atoms with E-state index in [9.17, 15) is 30.8 Å². The number of halogens is 5. The number of nitrogens with zero attached hydrogens (tertiary/aromatic N) is 2. The number of hydrogen-bond acceptors (Lipinski definition) is 4. The number of carbonyl (C=O) groups excluding carboxylic acids is 1. The van der Waals surface area contributed by atoms with Crippen LogP contribution in [0.3, 0.4) is 0 Å². The molecule has 0 saturated carbocycles. The summed E-state index contributed by atoms with van der Waals surface area (Å²) in [7, 11) is -4.14. The van der Waals surface area contributed by atoms with Gasteiger partial charge in [0.15, 0.2) is 6.61 Å². The number of piperazine rings is 1. The maximum Gasteiger partial charge on any atom is 0.416 e. The molecule has 2 aromatic carbocycles. The van der Waals surface area contributed by atoms with Crippen LogP contribution < -0.4 is 4.74 Å². The molecule has 1 aliphatic rings. The van der Waals surface area contributed by atoms with Gasteiger partial charge in [0.05, 0.1) is 15.5 Å². The highest BCUT2D eigenvalue weighted by molar-refractivity contribution is 7.89. The number of alkyl halides is 3. The fraction of sp³-hybridized carbons (Fsp3) is 0.316. The molecule has 31 heavy (non-hydrogen) atoms. The van der Waals surface area contributed by atoms with E-state index in [2.05, 4.69) is 0 Å². The Morgan fingerprint density at radius 3 is 2.35 bits per heavy atom. The van der Waals surface area contributed by atoms with Gasteiger partial charge in [-0.25, -0.2) is 12.8 Å². The van der Waals surface area contributed by atoms with Crippen LogP contribution in [0.1, 0.15) is 5.56 Å². The lowest BCUT2D eigenvalue weighted by atomic mass is 10.2. The summed E-state index contributed by atoms with van der Waals surface area (Å²) in [6.45, 7) is -0.420. The molecule has 1 heterocycles. The van der Waals surface area contributed by atoms with Crippen molar-refractivity contribution in [3.63, 3.8) is 0 Å². The zero-order chi connectivity index (χ0) is 22.8. The zero-order valence-corrected chi connectivity index (χ0v) is 17.5. The molecule has 0 radical (unpaired) electrons. The lowest BCUT2D eigenvalue weighted by Crippen LogP contribution is -2.51. The molecule has 2 aromatic rings. The number of sulfonamides is 1. The predicted octanol–water partition coefficient (Wildman–Crippen LogP) is 3.41. The van der Waals surface area contributed by atoms with E-state index in [0.29, 0.717) is 6.07 Å². The first-order valence-electron chi connectivity index (χ1n) is 9.01. The highest BCUT2D eigenvalue weighted by Crippen LogP contribution is 2.31. The first-order chi connectivity index (χ1) is 14.5. The third-order valence-electron chi connectivity index (χ3n) is 4.64. The van der Waals surface area contributed by atoms with Crippen molar-refractivity contribution in [2.45, 2.75) is 11.1 Å². The first-order valence-corrected chi connectivity index (χ1v) is 10.8. The van der Waals surface area contributed by atoms with Gasteiger partial charge in [0, 0.05) is 32.2 Å². The number of benzene rings is 2.